The van der Waals surface area contributed by atoms with E-state index in [-0.39, 0.29) is 0 Å². The monoisotopic (exact) mass is 410 g/mol. The number of nitrogens with zero attached hydrogens (tertiary/aromatic N) is 1. The molecule has 0 bridgehead atoms. The van der Waals surface area contributed by atoms with Crippen molar-refractivity contribution in [3.05, 3.63) is 71.8 Å². The van der Waals surface area contributed by atoms with E-state index < -0.39 is 8.07 Å². The third kappa shape index (κ3) is 2.88. The molecule has 5 rings (SSSR count). The van der Waals surface area contributed by atoms with E-state index in [1.165, 1.54) is 49.2 Å². The van der Waals surface area contributed by atoms with Crippen LogP contribution in [0.2, 0.25) is 19.6 Å². The zero-order valence-electron chi connectivity index (χ0n) is 18.6. The van der Waals surface area contributed by atoms with Crippen molar-refractivity contribution < 1.29 is 8.98 Å². The van der Waals surface area contributed by atoms with Gasteiger partial charge in [0, 0.05) is 33.9 Å². The van der Waals surface area contributed by atoms with Gasteiger partial charge in [-0.1, -0.05) is 49.5 Å². The van der Waals surface area contributed by atoms with Crippen molar-refractivity contribution >= 4 is 46.1 Å². The number of benzene rings is 3. The first-order valence-electron chi connectivity index (χ1n) is 10.6. The van der Waals surface area contributed by atoms with Crippen molar-refractivity contribution in [2.24, 2.45) is 7.05 Å². The molecule has 30 heavy (non-hydrogen) atoms. The van der Waals surface area contributed by atoms with Crippen LogP contribution in [-0.4, -0.2) is 8.07 Å². The standard InChI is InChI=1S/C27H28NOSi/c1-17-11-12-23-22(13-17)27(30(4,5)6)16-24(28(23)3)20-15-21-19-9-7-8-10-25(19)29-26(21)14-18(20)2/h7-16H,1-6H3/q+1. The number of hydrogen-bond acceptors (Lipinski definition) is 1. The summed E-state index contributed by atoms with van der Waals surface area (Å²) in [5.41, 5.74) is 8.31. The number of aromatic nitrogens is 1. The molecule has 0 unspecified atom stereocenters. The van der Waals surface area contributed by atoms with Gasteiger partial charge in [-0.05, 0) is 48.9 Å². The molecule has 3 aromatic carbocycles. The summed E-state index contributed by atoms with van der Waals surface area (Å²) in [5, 5.41) is 5.28. The summed E-state index contributed by atoms with van der Waals surface area (Å²) in [6.45, 7) is 11.7. The summed E-state index contributed by atoms with van der Waals surface area (Å²) in [5.74, 6) is 0. The third-order valence-electron chi connectivity index (χ3n) is 6.25. The first-order chi connectivity index (χ1) is 14.2. The highest BCUT2D eigenvalue weighted by atomic mass is 28.3. The van der Waals surface area contributed by atoms with Gasteiger partial charge in [-0.25, -0.2) is 0 Å². The Labute approximate surface area is 178 Å². The highest BCUT2D eigenvalue weighted by molar-refractivity contribution is 6.90. The molecule has 0 aliphatic heterocycles. The van der Waals surface area contributed by atoms with Gasteiger partial charge in [0.15, 0.2) is 0 Å². The summed E-state index contributed by atoms with van der Waals surface area (Å²) in [6, 6.07) is 22.1. The Morgan fingerprint density at radius 3 is 2.30 bits per heavy atom. The predicted molar refractivity (Wildman–Crippen MR) is 130 cm³/mol. The molecule has 0 spiro atoms. The number of pyridine rings is 1. The number of para-hydroxylation sites is 1. The lowest BCUT2D eigenvalue weighted by molar-refractivity contribution is -0.633. The van der Waals surface area contributed by atoms with Crippen LogP contribution in [0.25, 0.3) is 44.1 Å². The predicted octanol–water partition coefficient (Wildman–Crippen LogP) is 6.39. The molecule has 3 heteroatoms. The Hall–Kier alpha value is -2.91. The molecular formula is C27H28NOSi+. The number of hydrogen-bond donors (Lipinski definition) is 0. The average Bonchev–Trinajstić information content (AvgIpc) is 3.04. The second-order valence-electron chi connectivity index (χ2n) is 9.53. The molecule has 150 valence electrons. The van der Waals surface area contributed by atoms with Gasteiger partial charge in [-0.2, -0.15) is 4.57 Å². The van der Waals surface area contributed by atoms with Crippen LogP contribution in [0.1, 0.15) is 11.1 Å². The van der Waals surface area contributed by atoms with Crippen LogP contribution in [-0.2, 0) is 7.05 Å². The molecule has 0 saturated carbocycles. The topological polar surface area (TPSA) is 17.0 Å². The van der Waals surface area contributed by atoms with Crippen LogP contribution < -0.4 is 9.75 Å². The van der Waals surface area contributed by atoms with Crippen LogP contribution in [0.15, 0.2) is 65.1 Å². The maximum Gasteiger partial charge on any atom is 0.212 e. The molecular weight excluding hydrogens is 382 g/mol. The lowest BCUT2D eigenvalue weighted by Gasteiger charge is -2.20. The second-order valence-corrected chi connectivity index (χ2v) is 14.6. The molecule has 0 atom stereocenters. The normalized spacial score (nSPS) is 12.3. The van der Waals surface area contributed by atoms with Crippen molar-refractivity contribution in [3.8, 4) is 11.3 Å². The minimum Gasteiger partial charge on any atom is -0.456 e. The average molecular weight is 411 g/mol. The van der Waals surface area contributed by atoms with E-state index in [2.05, 4.69) is 93.6 Å². The molecule has 2 aromatic heterocycles. The molecule has 0 aliphatic rings. The van der Waals surface area contributed by atoms with E-state index >= 15 is 0 Å². The molecule has 0 fully saturated rings. The first-order valence-corrected chi connectivity index (χ1v) is 14.1. The number of aryl methyl sites for hydroxylation is 3. The van der Waals surface area contributed by atoms with E-state index in [1.807, 2.05) is 12.1 Å². The van der Waals surface area contributed by atoms with Crippen molar-refractivity contribution in [2.75, 3.05) is 0 Å². The van der Waals surface area contributed by atoms with Gasteiger partial charge in [0.2, 0.25) is 11.2 Å². The molecule has 2 nitrogen and oxygen atoms in total. The molecule has 0 amide bonds. The highest BCUT2D eigenvalue weighted by Gasteiger charge is 2.27. The Kier molecular flexibility index (Phi) is 4.16. The van der Waals surface area contributed by atoms with Gasteiger partial charge >= 0.3 is 0 Å². The summed E-state index contributed by atoms with van der Waals surface area (Å²) in [7, 11) is 0.651. The fourth-order valence-corrected chi connectivity index (χ4v) is 6.21. The van der Waals surface area contributed by atoms with E-state index in [0.717, 1.165) is 11.2 Å². The number of furan rings is 1. The van der Waals surface area contributed by atoms with Crippen LogP contribution in [0.4, 0.5) is 0 Å². The van der Waals surface area contributed by atoms with E-state index in [0.29, 0.717) is 0 Å². The Morgan fingerprint density at radius 2 is 1.53 bits per heavy atom. The first kappa shape index (κ1) is 19.1. The molecule has 5 aromatic rings. The van der Waals surface area contributed by atoms with Crippen molar-refractivity contribution in [3.63, 3.8) is 0 Å². The zero-order chi connectivity index (χ0) is 21.2. The van der Waals surface area contributed by atoms with Gasteiger partial charge in [0.05, 0.1) is 8.07 Å². The lowest BCUT2D eigenvalue weighted by Crippen LogP contribution is -2.43. The Bertz CT molecular complexity index is 1450. The van der Waals surface area contributed by atoms with Crippen LogP contribution in [0.3, 0.4) is 0 Å². The van der Waals surface area contributed by atoms with Crippen LogP contribution in [0.5, 0.6) is 0 Å². The minimum absolute atomic E-state index is 0.949. The smallest absolute Gasteiger partial charge is 0.212 e. The summed E-state index contributed by atoms with van der Waals surface area (Å²) in [4.78, 5) is 0. The maximum absolute atomic E-state index is 6.12. The largest absolute Gasteiger partial charge is 0.456 e. The van der Waals surface area contributed by atoms with Gasteiger partial charge in [-0.15, -0.1) is 0 Å². The van der Waals surface area contributed by atoms with Crippen molar-refractivity contribution in [1.82, 2.24) is 0 Å². The van der Waals surface area contributed by atoms with Gasteiger partial charge < -0.3 is 4.42 Å². The zero-order valence-corrected chi connectivity index (χ0v) is 19.6. The van der Waals surface area contributed by atoms with Gasteiger partial charge in [0.1, 0.15) is 18.2 Å². The number of rotatable bonds is 2. The Morgan fingerprint density at radius 1 is 0.767 bits per heavy atom. The van der Waals surface area contributed by atoms with Crippen LogP contribution in [0, 0.1) is 13.8 Å². The summed E-state index contributed by atoms with van der Waals surface area (Å²) in [6.07, 6.45) is 0. The van der Waals surface area contributed by atoms with E-state index in [4.69, 9.17) is 4.42 Å². The quantitative estimate of drug-likeness (QED) is 0.243. The number of fused-ring (bicyclic) bond motifs is 4. The van der Waals surface area contributed by atoms with Gasteiger partial charge in [0.25, 0.3) is 0 Å². The van der Waals surface area contributed by atoms with E-state index in [1.54, 1.807) is 0 Å². The Balaban J connectivity index is 1.88. The van der Waals surface area contributed by atoms with Crippen molar-refractivity contribution in [2.45, 2.75) is 33.5 Å². The third-order valence-corrected chi connectivity index (χ3v) is 8.28. The molecule has 0 radical (unpaired) electrons. The summed E-state index contributed by atoms with van der Waals surface area (Å²) < 4.78 is 8.47. The SMILES string of the molecule is Cc1ccc2c(c1)c([Si](C)(C)C)cc(-c1cc3c(cc1C)oc1ccccc13)[n+]2C. The van der Waals surface area contributed by atoms with Gasteiger partial charge in [-0.3, -0.25) is 0 Å². The van der Waals surface area contributed by atoms with Crippen LogP contribution >= 0.6 is 0 Å². The van der Waals surface area contributed by atoms with Crippen molar-refractivity contribution in [1.29, 1.82) is 0 Å². The minimum atomic E-state index is -1.54. The second kappa shape index (κ2) is 6.54. The lowest BCUT2D eigenvalue weighted by atomic mass is 10.00. The molecule has 0 N–H and O–H groups in total. The highest BCUT2D eigenvalue weighted by Crippen LogP contribution is 2.34. The maximum atomic E-state index is 6.12. The summed E-state index contributed by atoms with van der Waals surface area (Å²) >= 11 is 0. The van der Waals surface area contributed by atoms with E-state index in [9.17, 15) is 0 Å². The molecule has 0 saturated heterocycles. The molecule has 2 heterocycles. The fraction of sp³-hybridized carbons (Fsp3) is 0.222. The fourth-order valence-electron chi connectivity index (χ4n) is 4.63. The molecule has 0 aliphatic carbocycles.